The first-order valence-electron chi connectivity index (χ1n) is 4.53. The first kappa shape index (κ1) is 11.0. The molecule has 14 heavy (non-hydrogen) atoms. The Labute approximate surface area is 84.0 Å². The van der Waals surface area contributed by atoms with Crippen molar-refractivity contribution in [1.29, 1.82) is 0 Å². The summed E-state index contributed by atoms with van der Waals surface area (Å²) in [4.78, 5) is 0. The van der Waals surface area contributed by atoms with Crippen molar-refractivity contribution in [3.05, 3.63) is 29.8 Å². The third-order valence-electron chi connectivity index (χ3n) is 2.08. The van der Waals surface area contributed by atoms with Crippen LogP contribution >= 0.6 is 0 Å². The summed E-state index contributed by atoms with van der Waals surface area (Å²) >= 11 is 0. The van der Waals surface area contributed by atoms with E-state index < -0.39 is 5.60 Å². The zero-order valence-electron chi connectivity index (χ0n) is 8.53. The van der Waals surface area contributed by atoms with Gasteiger partial charge in [0, 0.05) is 6.42 Å². The lowest BCUT2D eigenvalue weighted by atomic mass is 9.97. The minimum atomic E-state index is -1.05. The number of rotatable bonds is 4. The highest BCUT2D eigenvalue weighted by atomic mass is 16.5. The molecule has 3 heteroatoms. The molecule has 0 aromatic heterocycles. The molecular weight excluding hydrogens is 180 g/mol. The van der Waals surface area contributed by atoms with Crippen LogP contribution < -0.4 is 4.74 Å². The van der Waals surface area contributed by atoms with Crippen molar-refractivity contribution < 1.29 is 14.9 Å². The molecule has 0 aliphatic carbocycles. The van der Waals surface area contributed by atoms with Gasteiger partial charge in [-0.2, -0.15) is 0 Å². The van der Waals surface area contributed by atoms with Gasteiger partial charge in [0.05, 0.1) is 19.3 Å². The Kier molecular flexibility index (Phi) is 3.49. The van der Waals surface area contributed by atoms with E-state index in [1.165, 1.54) is 0 Å². The fourth-order valence-corrected chi connectivity index (χ4v) is 1.24. The summed E-state index contributed by atoms with van der Waals surface area (Å²) in [6, 6.07) is 7.43. The fraction of sp³-hybridized carbons (Fsp3) is 0.455. The van der Waals surface area contributed by atoms with Gasteiger partial charge in [0.25, 0.3) is 0 Å². The van der Waals surface area contributed by atoms with Crippen molar-refractivity contribution in [3.8, 4) is 5.75 Å². The van der Waals surface area contributed by atoms with E-state index in [1.54, 1.807) is 14.0 Å². The zero-order valence-corrected chi connectivity index (χ0v) is 8.53. The van der Waals surface area contributed by atoms with Crippen LogP contribution in [-0.2, 0) is 6.42 Å². The molecule has 0 saturated carbocycles. The molecule has 2 N–H and O–H groups in total. The Hall–Kier alpha value is -1.06. The highest BCUT2D eigenvalue weighted by Crippen LogP contribution is 2.16. The van der Waals surface area contributed by atoms with Crippen LogP contribution in [0.15, 0.2) is 24.3 Å². The molecule has 0 aliphatic heterocycles. The van der Waals surface area contributed by atoms with E-state index in [-0.39, 0.29) is 6.61 Å². The lowest BCUT2D eigenvalue weighted by Gasteiger charge is -2.20. The molecular formula is C11H16O3. The van der Waals surface area contributed by atoms with Crippen LogP contribution in [0.4, 0.5) is 0 Å². The van der Waals surface area contributed by atoms with Gasteiger partial charge >= 0.3 is 0 Å². The van der Waals surface area contributed by atoms with E-state index in [1.807, 2.05) is 24.3 Å². The van der Waals surface area contributed by atoms with Crippen LogP contribution in [0.1, 0.15) is 12.5 Å². The molecule has 3 nitrogen and oxygen atoms in total. The maximum absolute atomic E-state index is 9.62. The number of hydrogen-bond donors (Lipinski definition) is 2. The molecule has 0 fully saturated rings. The zero-order chi connectivity index (χ0) is 10.6. The van der Waals surface area contributed by atoms with Crippen LogP contribution in [-0.4, -0.2) is 29.5 Å². The molecule has 0 amide bonds. The molecule has 0 heterocycles. The predicted molar refractivity (Wildman–Crippen MR) is 54.4 cm³/mol. The summed E-state index contributed by atoms with van der Waals surface area (Å²) < 4.78 is 5.01. The van der Waals surface area contributed by atoms with Crippen molar-refractivity contribution in [3.63, 3.8) is 0 Å². The Bertz CT molecular complexity index is 277. The quantitative estimate of drug-likeness (QED) is 0.754. The first-order valence-corrected chi connectivity index (χ1v) is 4.53. The fourth-order valence-electron chi connectivity index (χ4n) is 1.24. The standard InChI is InChI=1S/C11H16O3/c1-11(13,8-12)7-9-3-5-10(14-2)6-4-9/h3-6,12-13H,7-8H2,1-2H3. The maximum Gasteiger partial charge on any atom is 0.118 e. The van der Waals surface area contributed by atoms with Crippen molar-refractivity contribution in [2.75, 3.05) is 13.7 Å². The number of ether oxygens (including phenoxy) is 1. The van der Waals surface area contributed by atoms with Gasteiger partial charge in [-0.1, -0.05) is 12.1 Å². The van der Waals surface area contributed by atoms with Crippen LogP contribution in [0.2, 0.25) is 0 Å². The normalized spacial score (nSPS) is 14.9. The van der Waals surface area contributed by atoms with E-state index in [2.05, 4.69) is 0 Å². The van der Waals surface area contributed by atoms with Crippen LogP contribution in [0, 0.1) is 0 Å². The van der Waals surface area contributed by atoms with Gasteiger partial charge < -0.3 is 14.9 Å². The van der Waals surface area contributed by atoms with E-state index in [0.717, 1.165) is 11.3 Å². The van der Waals surface area contributed by atoms with Crippen molar-refractivity contribution >= 4 is 0 Å². The van der Waals surface area contributed by atoms with E-state index in [9.17, 15) is 5.11 Å². The molecule has 78 valence electrons. The summed E-state index contributed by atoms with van der Waals surface area (Å²) in [5, 5.41) is 18.5. The van der Waals surface area contributed by atoms with Gasteiger partial charge in [-0.05, 0) is 24.6 Å². The smallest absolute Gasteiger partial charge is 0.118 e. The topological polar surface area (TPSA) is 49.7 Å². The molecule has 1 unspecified atom stereocenters. The summed E-state index contributed by atoms with van der Waals surface area (Å²) in [6.45, 7) is 1.37. The molecule has 0 radical (unpaired) electrons. The summed E-state index contributed by atoms with van der Waals surface area (Å²) in [6.07, 6.45) is 0.438. The van der Waals surface area contributed by atoms with Gasteiger partial charge in [-0.25, -0.2) is 0 Å². The third kappa shape index (κ3) is 3.01. The van der Waals surface area contributed by atoms with Gasteiger partial charge in [0.15, 0.2) is 0 Å². The number of hydrogen-bond acceptors (Lipinski definition) is 3. The summed E-state index contributed by atoms with van der Waals surface area (Å²) in [7, 11) is 1.61. The Morgan fingerprint density at radius 3 is 2.29 bits per heavy atom. The lowest BCUT2D eigenvalue weighted by molar-refractivity contribution is 0.00231. The second-order valence-electron chi connectivity index (χ2n) is 3.68. The van der Waals surface area contributed by atoms with Crippen LogP contribution in [0.5, 0.6) is 5.75 Å². The molecule has 0 bridgehead atoms. The van der Waals surface area contributed by atoms with Crippen LogP contribution in [0.25, 0.3) is 0 Å². The number of benzene rings is 1. The Morgan fingerprint density at radius 1 is 1.29 bits per heavy atom. The van der Waals surface area contributed by atoms with Gasteiger partial charge in [0.1, 0.15) is 5.75 Å². The third-order valence-corrected chi connectivity index (χ3v) is 2.08. The highest BCUT2D eigenvalue weighted by Gasteiger charge is 2.19. The Morgan fingerprint density at radius 2 is 1.86 bits per heavy atom. The second kappa shape index (κ2) is 4.44. The molecule has 1 rings (SSSR count). The largest absolute Gasteiger partial charge is 0.497 e. The van der Waals surface area contributed by atoms with Gasteiger partial charge in [-0.15, -0.1) is 0 Å². The maximum atomic E-state index is 9.62. The minimum Gasteiger partial charge on any atom is -0.497 e. The number of aliphatic hydroxyl groups excluding tert-OH is 1. The number of aliphatic hydroxyl groups is 2. The highest BCUT2D eigenvalue weighted by molar-refractivity contribution is 5.27. The van der Waals surface area contributed by atoms with Crippen molar-refractivity contribution in [1.82, 2.24) is 0 Å². The predicted octanol–water partition coefficient (Wildman–Crippen LogP) is 0.981. The minimum absolute atomic E-state index is 0.237. The molecule has 0 spiro atoms. The average molecular weight is 196 g/mol. The molecule has 0 saturated heterocycles. The van der Waals surface area contributed by atoms with Gasteiger partial charge in [-0.3, -0.25) is 0 Å². The van der Waals surface area contributed by atoms with Crippen molar-refractivity contribution in [2.24, 2.45) is 0 Å². The SMILES string of the molecule is COc1ccc(CC(C)(O)CO)cc1. The van der Waals surface area contributed by atoms with Gasteiger partial charge in [0.2, 0.25) is 0 Å². The molecule has 0 aliphatic rings. The molecule has 1 atom stereocenters. The van der Waals surface area contributed by atoms with E-state index in [4.69, 9.17) is 9.84 Å². The molecule has 1 aromatic carbocycles. The molecule has 1 aromatic rings. The number of methoxy groups -OCH3 is 1. The summed E-state index contributed by atoms with van der Waals surface area (Å²) in [5.74, 6) is 0.789. The first-order chi connectivity index (χ1) is 6.57. The monoisotopic (exact) mass is 196 g/mol. The van der Waals surface area contributed by atoms with E-state index in [0.29, 0.717) is 6.42 Å². The van der Waals surface area contributed by atoms with Crippen molar-refractivity contribution in [2.45, 2.75) is 18.9 Å². The average Bonchev–Trinajstić information content (AvgIpc) is 2.19. The van der Waals surface area contributed by atoms with E-state index >= 15 is 0 Å². The Balaban J connectivity index is 2.69. The second-order valence-corrected chi connectivity index (χ2v) is 3.68. The summed E-state index contributed by atoms with van der Waals surface area (Å²) in [5.41, 5.74) is -0.0703. The lowest BCUT2D eigenvalue weighted by Crippen LogP contribution is -2.31. The van der Waals surface area contributed by atoms with Crippen LogP contribution in [0.3, 0.4) is 0 Å².